The van der Waals surface area contributed by atoms with Crippen LogP contribution >= 0.6 is 11.8 Å². The third kappa shape index (κ3) is 8.33. The van der Waals surface area contributed by atoms with Gasteiger partial charge in [0.2, 0.25) is 5.91 Å². The van der Waals surface area contributed by atoms with Crippen molar-refractivity contribution < 1.29 is 24.0 Å². The van der Waals surface area contributed by atoms with Gasteiger partial charge in [-0.25, -0.2) is 0 Å². The summed E-state index contributed by atoms with van der Waals surface area (Å²) in [5.41, 5.74) is 1.02. The van der Waals surface area contributed by atoms with Crippen LogP contribution in [0, 0.1) is 10.1 Å². The summed E-state index contributed by atoms with van der Waals surface area (Å²) in [6.07, 6.45) is 1.80. The number of nitro groups is 1. The number of amides is 3. The molecule has 224 valence electrons. The first kappa shape index (κ1) is 31.5. The Labute approximate surface area is 258 Å². The number of para-hydroxylation sites is 3. The molecule has 4 aromatic carbocycles. The number of carbonyl (C=O) groups is 3. The summed E-state index contributed by atoms with van der Waals surface area (Å²) in [5.74, 6) is -0.888. The van der Waals surface area contributed by atoms with Gasteiger partial charge in [-0.2, -0.15) is 0 Å². The maximum atomic E-state index is 13.5. The highest BCUT2D eigenvalue weighted by atomic mass is 32.2. The molecule has 0 aliphatic carbocycles. The van der Waals surface area contributed by atoms with Crippen LogP contribution in [0.3, 0.4) is 0 Å². The molecule has 1 unspecified atom stereocenters. The van der Waals surface area contributed by atoms with Gasteiger partial charge in [0.1, 0.15) is 11.4 Å². The molecule has 0 aliphatic rings. The molecular formula is C33H30N4O6S. The number of nitrogens with one attached hydrogen (secondary N) is 3. The number of nitro benzene ring substituents is 1. The van der Waals surface area contributed by atoms with Crippen molar-refractivity contribution in [3.05, 3.63) is 130 Å². The Morgan fingerprint density at radius 3 is 2.34 bits per heavy atom. The van der Waals surface area contributed by atoms with Gasteiger partial charge in [-0.15, -0.1) is 11.8 Å². The number of hydrogen-bond donors (Lipinski definition) is 3. The van der Waals surface area contributed by atoms with Crippen LogP contribution in [0.1, 0.15) is 29.3 Å². The van der Waals surface area contributed by atoms with Gasteiger partial charge in [-0.1, -0.05) is 55.5 Å². The molecular weight excluding hydrogens is 580 g/mol. The average Bonchev–Trinajstić information content (AvgIpc) is 3.04. The van der Waals surface area contributed by atoms with E-state index in [0.29, 0.717) is 29.1 Å². The summed E-state index contributed by atoms with van der Waals surface area (Å²) in [6, 6.07) is 28.3. The summed E-state index contributed by atoms with van der Waals surface area (Å²) in [6.45, 7) is 1.90. The minimum absolute atomic E-state index is 0.146. The number of carbonyl (C=O) groups excluding carboxylic acids is 3. The molecule has 3 N–H and O–H groups in total. The van der Waals surface area contributed by atoms with Crippen LogP contribution in [0.5, 0.6) is 5.75 Å². The molecule has 4 aromatic rings. The monoisotopic (exact) mass is 610 g/mol. The summed E-state index contributed by atoms with van der Waals surface area (Å²) in [5, 5.41) is 19.4. The predicted octanol–water partition coefficient (Wildman–Crippen LogP) is 6.52. The second kappa shape index (κ2) is 15.2. The highest BCUT2D eigenvalue weighted by molar-refractivity contribution is 8.00. The average molecular weight is 611 g/mol. The van der Waals surface area contributed by atoms with Gasteiger partial charge in [-0.3, -0.25) is 24.5 Å². The minimum atomic E-state index is -0.685. The van der Waals surface area contributed by atoms with Gasteiger partial charge in [0, 0.05) is 22.2 Å². The number of anilines is 2. The van der Waals surface area contributed by atoms with Crippen LogP contribution in [0.4, 0.5) is 17.1 Å². The van der Waals surface area contributed by atoms with Gasteiger partial charge in [0.05, 0.1) is 28.5 Å². The van der Waals surface area contributed by atoms with Crippen LogP contribution in [-0.4, -0.2) is 35.0 Å². The Hall–Kier alpha value is -5.42. The van der Waals surface area contributed by atoms with Crippen molar-refractivity contribution in [1.29, 1.82) is 0 Å². The fourth-order valence-electron chi connectivity index (χ4n) is 4.17. The van der Waals surface area contributed by atoms with E-state index in [4.69, 9.17) is 4.74 Å². The first-order chi connectivity index (χ1) is 21.3. The summed E-state index contributed by atoms with van der Waals surface area (Å²) in [4.78, 5) is 51.3. The Morgan fingerprint density at radius 2 is 1.61 bits per heavy atom. The van der Waals surface area contributed by atoms with Gasteiger partial charge < -0.3 is 20.7 Å². The van der Waals surface area contributed by atoms with Gasteiger partial charge in [0.25, 0.3) is 17.5 Å². The third-order valence-electron chi connectivity index (χ3n) is 6.36. The van der Waals surface area contributed by atoms with E-state index in [-0.39, 0.29) is 22.9 Å². The molecule has 0 fully saturated rings. The van der Waals surface area contributed by atoms with Crippen molar-refractivity contribution in [3.63, 3.8) is 0 Å². The van der Waals surface area contributed by atoms with Crippen LogP contribution in [0.15, 0.2) is 114 Å². The topological polar surface area (TPSA) is 140 Å². The third-order valence-corrected chi connectivity index (χ3v) is 7.72. The summed E-state index contributed by atoms with van der Waals surface area (Å²) >= 11 is 1.33. The van der Waals surface area contributed by atoms with E-state index in [1.807, 2.05) is 19.1 Å². The van der Waals surface area contributed by atoms with Crippen molar-refractivity contribution >= 4 is 52.6 Å². The van der Waals surface area contributed by atoms with Crippen LogP contribution < -0.4 is 20.7 Å². The Morgan fingerprint density at radius 1 is 0.909 bits per heavy atom. The van der Waals surface area contributed by atoms with Crippen molar-refractivity contribution in [1.82, 2.24) is 5.32 Å². The molecule has 0 radical (unpaired) electrons. The fourth-order valence-corrected chi connectivity index (χ4v) is 5.18. The Kier molecular flexibility index (Phi) is 10.9. The van der Waals surface area contributed by atoms with E-state index < -0.39 is 22.0 Å². The number of ether oxygens (including phenoxy) is 1. The highest BCUT2D eigenvalue weighted by Crippen LogP contribution is 2.30. The lowest BCUT2D eigenvalue weighted by Crippen LogP contribution is -2.30. The molecule has 0 aliphatic heterocycles. The van der Waals surface area contributed by atoms with E-state index in [2.05, 4.69) is 16.0 Å². The molecule has 0 saturated carbocycles. The Balaban J connectivity index is 1.55. The Bertz CT molecular complexity index is 1690. The van der Waals surface area contributed by atoms with Gasteiger partial charge in [0.15, 0.2) is 0 Å². The van der Waals surface area contributed by atoms with Crippen LogP contribution in [0.25, 0.3) is 6.08 Å². The minimum Gasteiger partial charge on any atom is -0.495 e. The van der Waals surface area contributed by atoms with Gasteiger partial charge >= 0.3 is 0 Å². The van der Waals surface area contributed by atoms with E-state index in [0.717, 1.165) is 4.90 Å². The number of rotatable bonds is 12. The zero-order valence-electron chi connectivity index (χ0n) is 24.0. The van der Waals surface area contributed by atoms with Crippen molar-refractivity contribution in [2.45, 2.75) is 23.5 Å². The maximum absolute atomic E-state index is 13.5. The molecule has 3 amide bonds. The first-order valence-corrected chi connectivity index (χ1v) is 14.5. The highest BCUT2D eigenvalue weighted by Gasteiger charge is 2.21. The summed E-state index contributed by atoms with van der Waals surface area (Å²) in [7, 11) is 1.53. The van der Waals surface area contributed by atoms with Crippen LogP contribution in [-0.2, 0) is 9.59 Å². The zero-order chi connectivity index (χ0) is 31.5. The van der Waals surface area contributed by atoms with Gasteiger partial charge in [-0.05, 0) is 61.0 Å². The second-order valence-electron chi connectivity index (χ2n) is 9.38. The SMILES string of the molecule is CCC(Sc1cccc(NC(=O)/C(=C\c2ccccc2[N+](=O)[O-])NC(=O)c2ccccc2)c1)C(=O)Nc1ccccc1OC. The standard InChI is InChI=1S/C33H30N4O6S/c1-3-30(33(40)35-26-17-8-10-19-29(26)43-2)44-25-16-11-15-24(21-25)34-32(39)27(36-31(38)22-12-5-4-6-13-22)20-23-14-7-9-18-28(23)37(41)42/h4-21,30H,3H2,1-2H3,(H,34,39)(H,35,40)(H,36,38)/b27-20+. The van der Waals surface area contributed by atoms with Crippen molar-refractivity contribution in [3.8, 4) is 5.75 Å². The first-order valence-electron chi connectivity index (χ1n) is 13.6. The normalized spacial score (nSPS) is 11.6. The lowest BCUT2D eigenvalue weighted by molar-refractivity contribution is -0.385. The smallest absolute Gasteiger partial charge is 0.276 e. The zero-order valence-corrected chi connectivity index (χ0v) is 24.8. The van der Waals surface area contributed by atoms with Crippen molar-refractivity contribution in [2.24, 2.45) is 0 Å². The van der Waals surface area contributed by atoms with Crippen LogP contribution in [0.2, 0.25) is 0 Å². The number of thioether (sulfide) groups is 1. The number of nitrogens with zero attached hydrogens (tertiary/aromatic N) is 1. The lowest BCUT2D eigenvalue weighted by Gasteiger charge is -2.17. The maximum Gasteiger partial charge on any atom is 0.276 e. The molecule has 10 nitrogen and oxygen atoms in total. The number of benzene rings is 4. The lowest BCUT2D eigenvalue weighted by atomic mass is 10.1. The molecule has 0 saturated heterocycles. The summed E-state index contributed by atoms with van der Waals surface area (Å²) < 4.78 is 5.33. The van der Waals surface area contributed by atoms with E-state index in [1.54, 1.807) is 72.8 Å². The molecule has 0 bridgehead atoms. The molecule has 1 atom stereocenters. The molecule has 11 heteroatoms. The number of hydrogen-bond acceptors (Lipinski definition) is 7. The molecule has 0 spiro atoms. The van der Waals surface area contributed by atoms with E-state index >= 15 is 0 Å². The number of methoxy groups -OCH3 is 1. The van der Waals surface area contributed by atoms with Crippen molar-refractivity contribution in [2.75, 3.05) is 17.7 Å². The van der Waals surface area contributed by atoms with E-state index in [9.17, 15) is 24.5 Å². The fraction of sp³-hybridized carbons (Fsp3) is 0.121. The van der Waals surface area contributed by atoms with E-state index in [1.165, 1.54) is 43.1 Å². The molecule has 0 aromatic heterocycles. The second-order valence-corrected chi connectivity index (χ2v) is 10.7. The molecule has 0 heterocycles. The quantitative estimate of drug-likeness (QED) is 0.0718. The predicted molar refractivity (Wildman–Crippen MR) is 172 cm³/mol. The largest absolute Gasteiger partial charge is 0.495 e. The molecule has 4 rings (SSSR count). The molecule has 44 heavy (non-hydrogen) atoms.